The molecule has 0 aromatic carbocycles. The van der Waals surface area contributed by atoms with Gasteiger partial charge in [0.2, 0.25) is 0 Å². The zero-order valence-corrected chi connectivity index (χ0v) is 11.3. The van der Waals surface area contributed by atoms with Gasteiger partial charge in [-0.3, -0.25) is 4.68 Å². The number of nitrogens with zero attached hydrogens (tertiary/aromatic N) is 2. The minimum absolute atomic E-state index is 0.0620. The normalized spacial score (nSPS) is 34.2. The van der Waals surface area contributed by atoms with Gasteiger partial charge in [0.1, 0.15) is 11.4 Å². The monoisotopic (exact) mass is 272 g/mol. The molecule has 0 radical (unpaired) electrons. The summed E-state index contributed by atoms with van der Waals surface area (Å²) in [6.07, 6.45) is 5.16. The maximum absolute atomic E-state index is 14.2. The van der Waals surface area contributed by atoms with Crippen LogP contribution in [0, 0.1) is 12.3 Å². The lowest BCUT2D eigenvalue weighted by atomic mass is 9.84. The van der Waals surface area contributed by atoms with Gasteiger partial charge in [0.25, 0.3) is 5.92 Å². The lowest BCUT2D eigenvalue weighted by Crippen LogP contribution is -2.22. The minimum Gasteiger partial charge on any atom is -0.271 e. The fourth-order valence-corrected chi connectivity index (χ4v) is 3.85. The topological polar surface area (TPSA) is 17.8 Å². The maximum Gasteiger partial charge on any atom is 0.289 e. The summed E-state index contributed by atoms with van der Waals surface area (Å²) in [5, 5.41) is 4.02. The van der Waals surface area contributed by atoms with Crippen molar-refractivity contribution in [2.24, 2.45) is 5.41 Å². The summed E-state index contributed by atoms with van der Waals surface area (Å²) >= 11 is 0. The van der Waals surface area contributed by atoms with E-state index >= 15 is 0 Å². The Hall–Kier alpha value is -1.00. The van der Waals surface area contributed by atoms with Crippen molar-refractivity contribution in [3.8, 4) is 0 Å². The molecule has 0 atom stereocenters. The second-order valence-corrected chi connectivity index (χ2v) is 6.57. The molecule has 2 aliphatic rings. The summed E-state index contributed by atoms with van der Waals surface area (Å²) in [7, 11) is 0. The van der Waals surface area contributed by atoms with Gasteiger partial charge in [-0.2, -0.15) is 13.9 Å². The third kappa shape index (κ3) is 2.17. The minimum atomic E-state index is -2.91. The van der Waals surface area contributed by atoms with Crippen LogP contribution in [-0.2, 0) is 12.5 Å². The Morgan fingerprint density at radius 1 is 1.32 bits per heavy atom. The maximum atomic E-state index is 14.2. The van der Waals surface area contributed by atoms with Gasteiger partial charge in [0, 0.05) is 19.7 Å². The van der Waals surface area contributed by atoms with Crippen LogP contribution in [-0.4, -0.2) is 15.4 Å². The standard InChI is InChI=1S/C14H19F3N2/c1-10-7-19(18-11(10)12(2,15)16)9-13-3-5-14(17,8-13)6-4-13/h7H,3-6,8-9H2,1-2H3. The van der Waals surface area contributed by atoms with Gasteiger partial charge in [-0.05, 0) is 50.0 Å². The molecule has 2 aliphatic carbocycles. The highest BCUT2D eigenvalue weighted by Gasteiger charge is 2.55. The van der Waals surface area contributed by atoms with Gasteiger partial charge in [0.15, 0.2) is 0 Å². The highest BCUT2D eigenvalue weighted by Crippen LogP contribution is 2.59. The smallest absolute Gasteiger partial charge is 0.271 e. The molecule has 2 bridgehead atoms. The number of alkyl halides is 3. The Labute approximate surface area is 111 Å². The molecular weight excluding hydrogens is 253 g/mol. The number of aromatic nitrogens is 2. The lowest BCUT2D eigenvalue weighted by Gasteiger charge is -2.25. The largest absolute Gasteiger partial charge is 0.289 e. The first-order valence-corrected chi connectivity index (χ1v) is 6.83. The lowest BCUT2D eigenvalue weighted by molar-refractivity contribution is 0.0111. The molecule has 0 N–H and O–H groups in total. The molecule has 3 rings (SSSR count). The molecule has 0 saturated heterocycles. The number of hydrogen-bond acceptors (Lipinski definition) is 1. The SMILES string of the molecule is Cc1cn(CC23CCC(F)(CC2)C3)nc1C(C)(F)F. The molecule has 0 unspecified atom stereocenters. The predicted octanol–water partition coefficient (Wildman–Crippen LogP) is 3.98. The average molecular weight is 272 g/mol. The van der Waals surface area contributed by atoms with Crippen molar-refractivity contribution in [3.63, 3.8) is 0 Å². The Bertz CT molecular complexity index is 493. The molecule has 0 amide bonds. The van der Waals surface area contributed by atoms with Crippen LogP contribution in [0.5, 0.6) is 0 Å². The van der Waals surface area contributed by atoms with Crippen molar-refractivity contribution in [3.05, 3.63) is 17.5 Å². The van der Waals surface area contributed by atoms with Crippen LogP contribution in [0.25, 0.3) is 0 Å². The van der Waals surface area contributed by atoms with E-state index in [4.69, 9.17) is 0 Å². The zero-order chi connectivity index (χ0) is 13.9. The molecule has 0 spiro atoms. The van der Waals surface area contributed by atoms with Crippen molar-refractivity contribution in [1.29, 1.82) is 0 Å². The molecule has 2 saturated carbocycles. The van der Waals surface area contributed by atoms with Crippen molar-refractivity contribution < 1.29 is 13.2 Å². The van der Waals surface area contributed by atoms with Crippen LogP contribution < -0.4 is 0 Å². The van der Waals surface area contributed by atoms with E-state index in [2.05, 4.69) is 5.10 Å². The van der Waals surface area contributed by atoms with E-state index in [1.807, 2.05) is 0 Å². The summed E-state index contributed by atoms with van der Waals surface area (Å²) in [5.41, 5.74) is -0.717. The van der Waals surface area contributed by atoms with E-state index in [9.17, 15) is 13.2 Å². The Morgan fingerprint density at radius 2 is 1.95 bits per heavy atom. The van der Waals surface area contributed by atoms with E-state index in [0.29, 0.717) is 31.4 Å². The first kappa shape index (κ1) is 13.0. The van der Waals surface area contributed by atoms with Crippen LogP contribution >= 0.6 is 0 Å². The molecule has 0 aliphatic heterocycles. The van der Waals surface area contributed by atoms with E-state index in [1.54, 1.807) is 17.8 Å². The molecule has 2 nitrogen and oxygen atoms in total. The number of halogens is 3. The summed E-state index contributed by atoms with van der Waals surface area (Å²) in [5.74, 6) is -2.91. The first-order chi connectivity index (χ1) is 8.72. The van der Waals surface area contributed by atoms with Crippen LogP contribution in [0.15, 0.2) is 6.20 Å². The van der Waals surface area contributed by atoms with E-state index in [0.717, 1.165) is 19.8 Å². The van der Waals surface area contributed by atoms with Gasteiger partial charge >= 0.3 is 0 Å². The quantitative estimate of drug-likeness (QED) is 0.814. The molecule has 106 valence electrons. The van der Waals surface area contributed by atoms with E-state index < -0.39 is 11.6 Å². The van der Waals surface area contributed by atoms with Gasteiger partial charge in [-0.1, -0.05) is 0 Å². The molecule has 19 heavy (non-hydrogen) atoms. The fraction of sp³-hybridized carbons (Fsp3) is 0.786. The van der Waals surface area contributed by atoms with Crippen molar-refractivity contribution >= 4 is 0 Å². The first-order valence-electron chi connectivity index (χ1n) is 6.83. The van der Waals surface area contributed by atoms with E-state index in [-0.39, 0.29) is 11.1 Å². The van der Waals surface area contributed by atoms with Gasteiger partial charge in [-0.25, -0.2) is 4.39 Å². The molecule has 1 heterocycles. The Balaban J connectivity index is 1.82. The third-order valence-corrected chi connectivity index (χ3v) is 4.76. The zero-order valence-electron chi connectivity index (χ0n) is 11.3. The second kappa shape index (κ2) is 3.76. The fourth-order valence-electron chi connectivity index (χ4n) is 3.85. The van der Waals surface area contributed by atoms with Crippen molar-refractivity contribution in [1.82, 2.24) is 9.78 Å². The summed E-state index contributed by atoms with van der Waals surface area (Å²) in [4.78, 5) is 0. The van der Waals surface area contributed by atoms with Gasteiger partial charge < -0.3 is 0 Å². The van der Waals surface area contributed by atoms with Crippen LogP contribution in [0.4, 0.5) is 13.2 Å². The van der Waals surface area contributed by atoms with Crippen LogP contribution in [0.1, 0.15) is 50.3 Å². The van der Waals surface area contributed by atoms with E-state index in [1.165, 1.54) is 0 Å². The highest BCUT2D eigenvalue weighted by atomic mass is 19.3. The Morgan fingerprint density at radius 3 is 2.37 bits per heavy atom. The molecule has 5 heteroatoms. The summed E-state index contributed by atoms with van der Waals surface area (Å²) < 4.78 is 42.5. The Kier molecular flexibility index (Phi) is 2.58. The molecule has 1 aromatic rings. The van der Waals surface area contributed by atoms with Crippen molar-refractivity contribution in [2.45, 2.75) is 64.1 Å². The van der Waals surface area contributed by atoms with Gasteiger partial charge in [-0.15, -0.1) is 0 Å². The summed E-state index contributed by atoms with van der Waals surface area (Å²) in [6, 6.07) is 0. The van der Waals surface area contributed by atoms with Gasteiger partial charge in [0.05, 0.1) is 0 Å². The number of rotatable bonds is 3. The number of fused-ring (bicyclic) bond motifs is 2. The third-order valence-electron chi connectivity index (χ3n) is 4.76. The summed E-state index contributed by atoms with van der Waals surface area (Å²) in [6.45, 7) is 3.08. The molecule has 1 aromatic heterocycles. The van der Waals surface area contributed by atoms with Crippen molar-refractivity contribution in [2.75, 3.05) is 0 Å². The molecule has 2 fully saturated rings. The van der Waals surface area contributed by atoms with Crippen LogP contribution in [0.2, 0.25) is 0 Å². The number of aryl methyl sites for hydroxylation is 1. The highest BCUT2D eigenvalue weighted by molar-refractivity contribution is 5.19. The van der Waals surface area contributed by atoms with Crippen LogP contribution in [0.3, 0.4) is 0 Å². The second-order valence-electron chi connectivity index (χ2n) is 6.57. The predicted molar refractivity (Wildman–Crippen MR) is 65.9 cm³/mol. The number of hydrogen-bond donors (Lipinski definition) is 0. The molecular formula is C14H19F3N2. The average Bonchev–Trinajstić information content (AvgIpc) is 2.88.